The van der Waals surface area contributed by atoms with Gasteiger partial charge in [0.15, 0.2) is 0 Å². The summed E-state index contributed by atoms with van der Waals surface area (Å²) in [5.74, 6) is 1.33. The number of pyridine rings is 1. The van der Waals surface area contributed by atoms with Crippen LogP contribution in [0.2, 0.25) is 0 Å². The van der Waals surface area contributed by atoms with Crippen molar-refractivity contribution in [1.29, 1.82) is 0 Å². The van der Waals surface area contributed by atoms with E-state index in [9.17, 15) is 4.79 Å². The predicted octanol–water partition coefficient (Wildman–Crippen LogP) is 2.55. The lowest BCUT2D eigenvalue weighted by Gasteiger charge is -2.37. The third kappa shape index (κ3) is 3.86. The number of carbonyl (C=O) groups is 1. The number of carbonyl (C=O) groups excluding carboxylic acids is 1. The Bertz CT molecular complexity index is 482. The van der Waals surface area contributed by atoms with E-state index in [0.29, 0.717) is 11.8 Å². The monoisotopic (exact) mass is 301 g/mol. The first-order valence-corrected chi connectivity index (χ1v) is 8.62. The molecule has 1 amide bonds. The second-order valence-corrected chi connectivity index (χ2v) is 6.94. The fourth-order valence-electron chi connectivity index (χ4n) is 3.74. The van der Waals surface area contributed by atoms with Crippen molar-refractivity contribution in [1.82, 2.24) is 14.8 Å². The van der Waals surface area contributed by atoms with Crippen molar-refractivity contribution in [2.75, 3.05) is 26.2 Å². The van der Waals surface area contributed by atoms with Crippen LogP contribution < -0.4 is 0 Å². The van der Waals surface area contributed by atoms with Crippen LogP contribution in [0.4, 0.5) is 0 Å². The molecular weight excluding hydrogens is 274 g/mol. The Hall–Kier alpha value is -1.42. The van der Waals surface area contributed by atoms with Gasteiger partial charge in [0.05, 0.1) is 0 Å². The topological polar surface area (TPSA) is 36.4 Å². The molecule has 3 heterocycles. The molecule has 0 bridgehead atoms. The zero-order valence-corrected chi connectivity index (χ0v) is 13.6. The standard InChI is InChI=1S/C18H27N3O/c1-15-4-3-9-21(13-15)18(22)17-6-10-20(11-7-17)14-16-5-2-8-19-12-16/h2,5,8,12,15,17H,3-4,6-7,9-11,13-14H2,1H3. The Balaban J connectivity index is 1.48. The lowest BCUT2D eigenvalue weighted by Crippen LogP contribution is -2.45. The molecule has 0 saturated carbocycles. The molecule has 4 nitrogen and oxygen atoms in total. The summed E-state index contributed by atoms with van der Waals surface area (Å²) in [5, 5.41) is 0. The van der Waals surface area contributed by atoms with Crippen molar-refractivity contribution in [2.24, 2.45) is 11.8 Å². The molecule has 4 heteroatoms. The number of likely N-dealkylation sites (tertiary alicyclic amines) is 2. The number of hydrogen-bond acceptors (Lipinski definition) is 3. The molecule has 1 atom stereocenters. The van der Waals surface area contributed by atoms with Crippen LogP contribution in [0.15, 0.2) is 24.5 Å². The van der Waals surface area contributed by atoms with Gasteiger partial charge in [0.1, 0.15) is 0 Å². The first-order chi connectivity index (χ1) is 10.7. The van der Waals surface area contributed by atoms with E-state index in [1.165, 1.54) is 18.4 Å². The fourth-order valence-corrected chi connectivity index (χ4v) is 3.74. The summed E-state index contributed by atoms with van der Waals surface area (Å²) in [7, 11) is 0. The van der Waals surface area contributed by atoms with Gasteiger partial charge in [0.25, 0.3) is 0 Å². The second kappa shape index (κ2) is 7.23. The lowest BCUT2D eigenvalue weighted by molar-refractivity contribution is -0.138. The highest BCUT2D eigenvalue weighted by molar-refractivity contribution is 5.79. The highest BCUT2D eigenvalue weighted by Gasteiger charge is 2.30. The van der Waals surface area contributed by atoms with Gasteiger partial charge in [-0.25, -0.2) is 0 Å². The highest BCUT2D eigenvalue weighted by atomic mass is 16.2. The zero-order valence-electron chi connectivity index (χ0n) is 13.6. The molecular formula is C18H27N3O. The van der Waals surface area contributed by atoms with Gasteiger partial charge in [-0.3, -0.25) is 14.7 Å². The van der Waals surface area contributed by atoms with Crippen LogP contribution in [0.5, 0.6) is 0 Å². The Morgan fingerprint density at radius 3 is 2.77 bits per heavy atom. The van der Waals surface area contributed by atoms with Gasteiger partial charge < -0.3 is 4.90 Å². The molecule has 1 unspecified atom stereocenters. The largest absolute Gasteiger partial charge is 0.342 e. The van der Waals surface area contributed by atoms with E-state index >= 15 is 0 Å². The van der Waals surface area contributed by atoms with E-state index in [-0.39, 0.29) is 5.92 Å². The Morgan fingerprint density at radius 2 is 2.09 bits per heavy atom. The number of nitrogens with zero attached hydrogens (tertiary/aromatic N) is 3. The van der Waals surface area contributed by atoms with Gasteiger partial charge in [-0.1, -0.05) is 13.0 Å². The molecule has 0 spiro atoms. The number of piperidine rings is 2. The molecule has 3 rings (SSSR count). The maximum atomic E-state index is 12.7. The van der Waals surface area contributed by atoms with E-state index in [1.807, 2.05) is 18.5 Å². The maximum absolute atomic E-state index is 12.7. The second-order valence-electron chi connectivity index (χ2n) is 6.94. The molecule has 0 aliphatic carbocycles. The Kier molecular flexibility index (Phi) is 5.08. The van der Waals surface area contributed by atoms with E-state index in [1.54, 1.807) is 0 Å². The van der Waals surface area contributed by atoms with E-state index in [2.05, 4.69) is 27.8 Å². The van der Waals surface area contributed by atoms with Crippen molar-refractivity contribution >= 4 is 5.91 Å². The zero-order chi connectivity index (χ0) is 15.4. The summed E-state index contributed by atoms with van der Waals surface area (Å²) >= 11 is 0. The van der Waals surface area contributed by atoms with E-state index in [0.717, 1.165) is 45.6 Å². The first kappa shape index (κ1) is 15.5. The van der Waals surface area contributed by atoms with Crippen LogP contribution in [0.25, 0.3) is 0 Å². The highest BCUT2D eigenvalue weighted by Crippen LogP contribution is 2.24. The minimum absolute atomic E-state index is 0.246. The summed E-state index contributed by atoms with van der Waals surface area (Å²) < 4.78 is 0. The van der Waals surface area contributed by atoms with Crippen LogP contribution in [0.3, 0.4) is 0 Å². The maximum Gasteiger partial charge on any atom is 0.225 e. The summed E-state index contributed by atoms with van der Waals surface area (Å²) in [4.78, 5) is 21.4. The minimum atomic E-state index is 0.246. The normalized spacial score (nSPS) is 24.4. The van der Waals surface area contributed by atoms with E-state index < -0.39 is 0 Å². The predicted molar refractivity (Wildman–Crippen MR) is 87.2 cm³/mol. The van der Waals surface area contributed by atoms with Crippen LogP contribution >= 0.6 is 0 Å². The average molecular weight is 301 g/mol. The van der Waals surface area contributed by atoms with Crippen molar-refractivity contribution in [2.45, 2.75) is 39.2 Å². The molecule has 2 aliphatic rings. The third-order valence-electron chi connectivity index (χ3n) is 5.03. The quantitative estimate of drug-likeness (QED) is 0.861. The molecule has 0 radical (unpaired) electrons. The van der Waals surface area contributed by atoms with Crippen molar-refractivity contribution in [3.63, 3.8) is 0 Å². The Morgan fingerprint density at radius 1 is 1.27 bits per heavy atom. The number of rotatable bonds is 3. The molecule has 22 heavy (non-hydrogen) atoms. The summed E-state index contributed by atoms with van der Waals surface area (Å²) in [6, 6.07) is 4.11. The van der Waals surface area contributed by atoms with Gasteiger partial charge >= 0.3 is 0 Å². The molecule has 1 aromatic rings. The summed E-state index contributed by atoms with van der Waals surface area (Å²) in [6.45, 7) is 7.20. The minimum Gasteiger partial charge on any atom is -0.342 e. The van der Waals surface area contributed by atoms with Gasteiger partial charge in [0.2, 0.25) is 5.91 Å². The lowest BCUT2D eigenvalue weighted by atomic mass is 9.92. The van der Waals surface area contributed by atoms with Crippen LogP contribution in [0.1, 0.15) is 38.2 Å². The molecule has 2 aliphatic heterocycles. The van der Waals surface area contributed by atoms with Crippen LogP contribution in [0, 0.1) is 11.8 Å². The number of amides is 1. The fraction of sp³-hybridized carbons (Fsp3) is 0.667. The third-order valence-corrected chi connectivity index (χ3v) is 5.03. The first-order valence-electron chi connectivity index (χ1n) is 8.62. The smallest absolute Gasteiger partial charge is 0.225 e. The van der Waals surface area contributed by atoms with Crippen molar-refractivity contribution in [3.8, 4) is 0 Å². The average Bonchev–Trinajstić information content (AvgIpc) is 2.56. The molecule has 2 fully saturated rings. The Labute approximate surface area is 133 Å². The molecule has 1 aromatic heterocycles. The molecule has 120 valence electrons. The summed E-state index contributed by atoms with van der Waals surface area (Å²) in [5.41, 5.74) is 1.26. The van der Waals surface area contributed by atoms with Crippen LogP contribution in [-0.2, 0) is 11.3 Å². The van der Waals surface area contributed by atoms with E-state index in [4.69, 9.17) is 0 Å². The van der Waals surface area contributed by atoms with Crippen molar-refractivity contribution < 1.29 is 4.79 Å². The number of aromatic nitrogens is 1. The molecule has 0 aromatic carbocycles. The number of hydrogen-bond donors (Lipinski definition) is 0. The molecule has 2 saturated heterocycles. The van der Waals surface area contributed by atoms with Gasteiger partial charge in [-0.15, -0.1) is 0 Å². The summed E-state index contributed by atoms with van der Waals surface area (Å²) in [6.07, 6.45) is 8.20. The van der Waals surface area contributed by atoms with Gasteiger partial charge in [-0.05, 0) is 56.3 Å². The SMILES string of the molecule is CC1CCCN(C(=O)C2CCN(Cc3cccnc3)CC2)C1. The van der Waals surface area contributed by atoms with Gasteiger partial charge in [0, 0.05) is 37.9 Å². The van der Waals surface area contributed by atoms with Gasteiger partial charge in [-0.2, -0.15) is 0 Å². The van der Waals surface area contributed by atoms with Crippen molar-refractivity contribution in [3.05, 3.63) is 30.1 Å². The molecule has 0 N–H and O–H groups in total. The van der Waals surface area contributed by atoms with Crippen LogP contribution in [-0.4, -0.2) is 46.9 Å².